The quantitative estimate of drug-likeness (QED) is 0.168. The number of hydrogen-bond acceptors (Lipinski definition) is 13. The van der Waals surface area contributed by atoms with E-state index in [9.17, 15) is 48.7 Å². The van der Waals surface area contributed by atoms with Crippen molar-refractivity contribution in [1.29, 1.82) is 5.26 Å². The Kier molecular flexibility index (Phi) is 32.5. The smallest absolute Gasteiger partial charge is 0.246 e. The topological polar surface area (TPSA) is 266 Å². The Balaban J connectivity index is 4.41. The summed E-state index contributed by atoms with van der Waals surface area (Å²) < 4.78 is 0. The van der Waals surface area contributed by atoms with Crippen LogP contribution in [0.1, 0.15) is 175 Å². The van der Waals surface area contributed by atoms with Crippen LogP contribution in [0.2, 0.25) is 0 Å². The fourth-order valence-corrected chi connectivity index (χ4v) is 11.9. The lowest BCUT2D eigenvalue weighted by molar-refractivity contribution is -0.157. The number of amides is 8. The van der Waals surface area contributed by atoms with Gasteiger partial charge in [-0.25, -0.2) is 0 Å². The number of nitriles is 1. The first-order valence-electron chi connectivity index (χ1n) is 31.6. The van der Waals surface area contributed by atoms with Crippen LogP contribution in [0.25, 0.3) is 0 Å². The molecule has 0 aromatic rings. The molecule has 0 aliphatic carbocycles. The third-order valence-electron chi connectivity index (χ3n) is 17.7. The highest BCUT2D eigenvalue weighted by atomic mass is 16.3. The van der Waals surface area contributed by atoms with Crippen molar-refractivity contribution in [3.63, 3.8) is 0 Å². The molecule has 0 bridgehead atoms. The van der Waals surface area contributed by atoms with Crippen LogP contribution in [0.4, 0.5) is 0 Å². The van der Waals surface area contributed by atoms with Gasteiger partial charge in [0.1, 0.15) is 42.0 Å². The summed E-state index contributed by atoms with van der Waals surface area (Å²) in [5.41, 5.74) is 0. The summed E-state index contributed by atoms with van der Waals surface area (Å²) in [6, 6.07) is -7.86. The Labute approximate surface area is 522 Å². The molecule has 1 aliphatic rings. The molecular weight excluding hydrogens is 1110 g/mol. The minimum atomic E-state index is -1.63. The first-order chi connectivity index (χ1) is 40.2. The molecule has 21 heteroatoms. The average Bonchev–Trinajstić information content (AvgIpc) is 1.38. The van der Waals surface area contributed by atoms with E-state index in [1.807, 2.05) is 41.5 Å². The van der Waals surface area contributed by atoms with Gasteiger partial charge in [-0.3, -0.25) is 52.7 Å². The number of likely N-dealkylation sites (N-methyl/N-ethyl adjacent to an activating group) is 7. The third-order valence-corrected chi connectivity index (χ3v) is 17.7. The van der Waals surface area contributed by atoms with Gasteiger partial charge in [-0.2, -0.15) is 5.26 Å². The number of allylic oxidation sites excluding steroid dienone is 2. The normalized spacial score (nSPS) is 27.9. The Morgan fingerprint density at radius 1 is 0.517 bits per heavy atom. The highest BCUT2D eigenvalue weighted by Gasteiger charge is 2.46. The van der Waals surface area contributed by atoms with Gasteiger partial charge in [0.15, 0.2) is 11.6 Å². The molecule has 0 radical (unpaired) electrons. The van der Waals surface area contributed by atoms with E-state index >= 15 is 14.4 Å². The summed E-state index contributed by atoms with van der Waals surface area (Å²) in [4.78, 5) is 171. The number of aliphatic hydroxyl groups excluding tert-OH is 1. The molecule has 2 N–H and O–H groups in total. The van der Waals surface area contributed by atoms with Crippen molar-refractivity contribution in [1.82, 2.24) is 39.6 Å². The van der Waals surface area contributed by atoms with Crippen LogP contribution in [0.15, 0.2) is 12.2 Å². The Bertz CT molecular complexity index is 2450. The highest BCUT2D eigenvalue weighted by molar-refractivity contribution is 6.00. The van der Waals surface area contributed by atoms with Crippen molar-refractivity contribution < 1.29 is 57.8 Å². The first kappa shape index (κ1) is 79.0. The van der Waals surface area contributed by atoms with Crippen LogP contribution in [-0.4, -0.2) is 208 Å². The lowest BCUT2D eigenvalue weighted by Crippen LogP contribution is -2.63. The zero-order valence-electron chi connectivity index (χ0n) is 57.5. The molecular formula is C66H113N9O12. The van der Waals surface area contributed by atoms with Gasteiger partial charge in [-0.15, -0.1) is 0 Å². The number of Topliss-reactive ketones (excluding diaryl/α,β-unsaturated/α-hetero) is 3. The molecule has 1 fully saturated rings. The fraction of sp³-hybridized carbons (Fsp3) is 0.788. The maximum Gasteiger partial charge on any atom is 0.246 e. The number of hydrogen-bond donors (Lipinski definition) is 2. The van der Waals surface area contributed by atoms with Gasteiger partial charge in [-0.05, 0) is 87.4 Å². The second kappa shape index (κ2) is 35.8. The van der Waals surface area contributed by atoms with Crippen LogP contribution in [0.5, 0.6) is 0 Å². The average molecular weight is 1220 g/mol. The summed E-state index contributed by atoms with van der Waals surface area (Å²) >= 11 is 0. The van der Waals surface area contributed by atoms with Crippen molar-refractivity contribution in [3.05, 3.63) is 12.2 Å². The van der Waals surface area contributed by atoms with Gasteiger partial charge in [-0.1, -0.05) is 116 Å². The van der Waals surface area contributed by atoms with E-state index in [0.717, 1.165) is 9.80 Å². The number of carbonyl (C=O) groups excluding carboxylic acids is 11. The van der Waals surface area contributed by atoms with Crippen LogP contribution >= 0.6 is 0 Å². The van der Waals surface area contributed by atoms with E-state index in [-0.39, 0.29) is 80.7 Å². The molecule has 0 saturated carbocycles. The molecule has 1 heterocycles. The van der Waals surface area contributed by atoms with Gasteiger partial charge in [0.25, 0.3) is 0 Å². The molecule has 14 atom stereocenters. The maximum atomic E-state index is 15.2. The van der Waals surface area contributed by atoms with Crippen molar-refractivity contribution >= 4 is 64.6 Å². The summed E-state index contributed by atoms with van der Waals surface area (Å²) in [5.74, 6) is -12.1. The van der Waals surface area contributed by atoms with Gasteiger partial charge in [0.2, 0.25) is 47.3 Å². The van der Waals surface area contributed by atoms with E-state index in [2.05, 4.69) is 11.4 Å². The largest absolute Gasteiger partial charge is 0.390 e. The summed E-state index contributed by atoms with van der Waals surface area (Å²) in [6.45, 7) is 29.7. The Hall–Kier alpha value is -6.04. The zero-order valence-corrected chi connectivity index (χ0v) is 57.5. The van der Waals surface area contributed by atoms with Crippen LogP contribution in [-0.2, 0) is 52.7 Å². The molecule has 1 rings (SSSR count). The minimum Gasteiger partial charge on any atom is -0.390 e. The first-order valence-corrected chi connectivity index (χ1v) is 31.6. The molecule has 0 aromatic carbocycles. The second-order valence-electron chi connectivity index (χ2n) is 27.1. The van der Waals surface area contributed by atoms with E-state index in [0.29, 0.717) is 6.42 Å². The molecule has 0 aromatic heterocycles. The summed E-state index contributed by atoms with van der Waals surface area (Å²) in [7, 11) is 10.0. The number of ketones is 3. The number of rotatable bonds is 15. The lowest BCUT2D eigenvalue weighted by atomic mass is 9.83. The van der Waals surface area contributed by atoms with Crippen LogP contribution in [0, 0.1) is 70.5 Å². The monoisotopic (exact) mass is 1220 g/mol. The van der Waals surface area contributed by atoms with E-state index in [1.54, 1.807) is 81.4 Å². The predicted molar refractivity (Wildman–Crippen MR) is 337 cm³/mol. The van der Waals surface area contributed by atoms with E-state index in [4.69, 9.17) is 0 Å². The Morgan fingerprint density at radius 2 is 0.966 bits per heavy atom. The number of aliphatic hydroxyl groups is 1. The molecule has 0 unspecified atom stereocenters. The molecule has 87 heavy (non-hydrogen) atoms. The predicted octanol–water partition coefficient (Wildman–Crippen LogP) is 6.43. The third kappa shape index (κ3) is 21.3. The molecule has 8 amide bonds. The second-order valence-corrected chi connectivity index (χ2v) is 27.1. The highest BCUT2D eigenvalue weighted by Crippen LogP contribution is 2.30. The van der Waals surface area contributed by atoms with Crippen molar-refractivity contribution in [3.8, 4) is 6.07 Å². The lowest BCUT2D eigenvalue weighted by Gasteiger charge is -2.41. The van der Waals surface area contributed by atoms with Gasteiger partial charge >= 0.3 is 0 Å². The summed E-state index contributed by atoms with van der Waals surface area (Å²) in [6.07, 6.45) is 1.90. The SMILES string of the molecule is C/C=C/C[C@@H](C)[C@@H](O)[C@H]1C(=O)N[C@@H](CC)C(=O)N(C)[C@H](C)C(=O)N(C)[C@@H]([C@H](C)CC#N)C(=O)C[C@@H](C(C)C)C(=O)N(C)[C@@H](CC(C)C)C(=O)C[C@@H](C)C(=O)C[C@H](C)C(=O)N(C)[C@@H](CC(C)C)C(=O)N(C)[C@@H](CC(C)C)C(=O)N(C)[C@@H](C(C)C)C(=O)N1C. The molecule has 1 aliphatic heterocycles. The molecule has 21 nitrogen and oxygen atoms in total. The standard InChI is InChI=1S/C66H113N9O12/c1-25-27-28-43(14)58(79)57-59(80)68-48(26-2)63(84)69(18)46(17)61(82)74(23)56(42(13)29-30-67)54(78)36-47(40(9)10)62(83)70(19)49(31-37(3)4)53(77)34-44(15)52(76)35-45(16)60(81)71(20)50(32-38(5)6)64(85)72(21)51(33-39(7)8)65(86)73(22)55(41(11)12)66(87)75(57)24/h25,27,37-51,55-58,79H,26,28-29,31-36H2,1-24H3,(H,68,80)/b27-25+/t42-,43-,44-,45+,46-,47+,48+,49+,50+,51+,55+,56+,57+,58-/m1/s1. The zero-order chi connectivity index (χ0) is 67.6. The van der Waals surface area contributed by atoms with Crippen LogP contribution < -0.4 is 5.32 Å². The molecule has 0 spiro atoms. The molecule has 494 valence electrons. The minimum absolute atomic E-state index is 0.00322. The van der Waals surface area contributed by atoms with E-state index in [1.165, 1.54) is 80.8 Å². The summed E-state index contributed by atoms with van der Waals surface area (Å²) in [5, 5.41) is 24.8. The van der Waals surface area contributed by atoms with Crippen molar-refractivity contribution in [2.24, 2.45) is 59.2 Å². The van der Waals surface area contributed by atoms with Crippen LogP contribution in [0.3, 0.4) is 0 Å². The Morgan fingerprint density at radius 3 is 1.43 bits per heavy atom. The fourth-order valence-electron chi connectivity index (χ4n) is 11.9. The van der Waals surface area contributed by atoms with E-state index < -0.39 is 149 Å². The maximum absolute atomic E-state index is 15.2. The number of nitrogens with zero attached hydrogens (tertiary/aromatic N) is 8. The number of carbonyl (C=O) groups is 11. The molecule has 1 saturated heterocycles. The van der Waals surface area contributed by atoms with Gasteiger partial charge < -0.3 is 44.7 Å². The van der Waals surface area contributed by atoms with Crippen molar-refractivity contribution in [2.45, 2.75) is 230 Å². The van der Waals surface area contributed by atoms with Crippen molar-refractivity contribution in [2.75, 3.05) is 49.3 Å². The van der Waals surface area contributed by atoms with Gasteiger partial charge in [0, 0.05) is 92.8 Å². The number of nitrogens with one attached hydrogen (secondary N) is 1. The van der Waals surface area contributed by atoms with Gasteiger partial charge in [0.05, 0.1) is 24.3 Å².